The highest BCUT2D eigenvalue weighted by atomic mass is 14.5. The first-order valence-corrected chi connectivity index (χ1v) is 17.5. The molecule has 0 nitrogen and oxygen atoms in total. The fourth-order valence-electron chi connectivity index (χ4n) is 7.58. The molecule has 36 heavy (non-hydrogen) atoms. The Morgan fingerprint density at radius 1 is 0.417 bits per heavy atom. The van der Waals surface area contributed by atoms with Crippen LogP contribution in [0, 0.1) is 22.7 Å². The van der Waals surface area contributed by atoms with E-state index in [1.54, 1.807) is 0 Å². The van der Waals surface area contributed by atoms with Gasteiger partial charge in [-0.15, -0.1) is 0 Å². The Labute approximate surface area is 232 Å². The van der Waals surface area contributed by atoms with E-state index in [2.05, 4.69) is 55.4 Å². The van der Waals surface area contributed by atoms with E-state index >= 15 is 0 Å². The van der Waals surface area contributed by atoms with Gasteiger partial charge in [-0.25, -0.2) is 0 Å². The van der Waals surface area contributed by atoms with Gasteiger partial charge >= 0.3 is 0 Å². The number of rotatable bonds is 27. The topological polar surface area (TPSA) is 0 Å². The van der Waals surface area contributed by atoms with Gasteiger partial charge in [0.2, 0.25) is 0 Å². The molecule has 0 aromatic carbocycles. The standard InChI is InChI=1S/C36H74/c1-9-16-21-23-26-29-33(28-25-22-17-10-2)36(31-20-13-5,32-27-19-12-4)34(30-24-18-11-3)35(8,14-6)15-7/h33-34H,9-32H2,1-8H3. The van der Waals surface area contributed by atoms with Crippen molar-refractivity contribution in [1.82, 2.24) is 0 Å². The Morgan fingerprint density at radius 3 is 1.31 bits per heavy atom. The van der Waals surface area contributed by atoms with Crippen LogP contribution in [-0.4, -0.2) is 0 Å². The van der Waals surface area contributed by atoms with Gasteiger partial charge in [0.25, 0.3) is 0 Å². The van der Waals surface area contributed by atoms with Gasteiger partial charge < -0.3 is 0 Å². The first kappa shape index (κ1) is 36.0. The van der Waals surface area contributed by atoms with Crippen LogP contribution in [0.15, 0.2) is 0 Å². The summed E-state index contributed by atoms with van der Waals surface area (Å²) >= 11 is 0. The summed E-state index contributed by atoms with van der Waals surface area (Å²) in [5.74, 6) is 1.85. The van der Waals surface area contributed by atoms with Crippen molar-refractivity contribution in [1.29, 1.82) is 0 Å². The summed E-state index contributed by atoms with van der Waals surface area (Å²) in [5, 5.41) is 0. The van der Waals surface area contributed by atoms with E-state index in [9.17, 15) is 0 Å². The lowest BCUT2D eigenvalue weighted by Gasteiger charge is -2.55. The molecule has 0 aliphatic heterocycles. The zero-order chi connectivity index (χ0) is 27.1. The van der Waals surface area contributed by atoms with Crippen LogP contribution in [0.25, 0.3) is 0 Å². The van der Waals surface area contributed by atoms with Crippen LogP contribution < -0.4 is 0 Å². The highest BCUT2D eigenvalue weighted by Gasteiger charge is 2.49. The molecule has 0 heteroatoms. The van der Waals surface area contributed by atoms with Crippen molar-refractivity contribution in [2.45, 2.75) is 209 Å². The lowest BCUT2D eigenvalue weighted by atomic mass is 9.50. The second-order valence-corrected chi connectivity index (χ2v) is 13.0. The van der Waals surface area contributed by atoms with Crippen molar-refractivity contribution in [3.8, 4) is 0 Å². The third kappa shape index (κ3) is 13.2. The van der Waals surface area contributed by atoms with Gasteiger partial charge in [0.15, 0.2) is 0 Å². The Hall–Kier alpha value is 0. The molecule has 0 radical (unpaired) electrons. The summed E-state index contributed by atoms with van der Waals surface area (Å²) in [4.78, 5) is 0. The fraction of sp³-hybridized carbons (Fsp3) is 1.00. The van der Waals surface area contributed by atoms with Gasteiger partial charge in [-0.2, -0.15) is 0 Å². The normalized spacial score (nSPS) is 15.7. The zero-order valence-corrected chi connectivity index (χ0v) is 27.1. The predicted octanol–water partition coefficient (Wildman–Crippen LogP) is 13.7. The summed E-state index contributed by atoms with van der Waals surface area (Å²) in [6.45, 7) is 19.7. The van der Waals surface area contributed by atoms with E-state index in [4.69, 9.17) is 0 Å². The highest BCUT2D eigenvalue weighted by Crippen LogP contribution is 2.58. The average Bonchev–Trinajstić information content (AvgIpc) is 2.90. The first-order valence-electron chi connectivity index (χ1n) is 17.5. The fourth-order valence-corrected chi connectivity index (χ4v) is 7.58. The molecule has 0 amide bonds. The minimum absolute atomic E-state index is 0.498. The van der Waals surface area contributed by atoms with Crippen molar-refractivity contribution in [3.05, 3.63) is 0 Å². The van der Waals surface area contributed by atoms with Gasteiger partial charge in [-0.05, 0) is 54.8 Å². The summed E-state index contributed by atoms with van der Waals surface area (Å²) < 4.78 is 0. The Bertz CT molecular complexity index is 447. The minimum Gasteiger partial charge on any atom is -0.0654 e. The summed E-state index contributed by atoms with van der Waals surface area (Å²) in [7, 11) is 0. The molecule has 3 unspecified atom stereocenters. The summed E-state index contributed by atoms with van der Waals surface area (Å²) in [6.07, 6.45) is 34.5. The van der Waals surface area contributed by atoms with E-state index in [0.29, 0.717) is 10.8 Å². The Balaban J connectivity index is 6.42. The molecule has 0 aliphatic rings. The summed E-state index contributed by atoms with van der Waals surface area (Å²) in [5.41, 5.74) is 1.06. The lowest BCUT2D eigenvalue weighted by Crippen LogP contribution is -2.46. The minimum atomic E-state index is 0.498. The molecule has 0 aliphatic carbocycles. The van der Waals surface area contributed by atoms with Crippen LogP contribution in [0.3, 0.4) is 0 Å². The van der Waals surface area contributed by atoms with Gasteiger partial charge in [0, 0.05) is 0 Å². The van der Waals surface area contributed by atoms with E-state index in [-0.39, 0.29) is 0 Å². The molecule has 0 aromatic rings. The van der Waals surface area contributed by atoms with Crippen LogP contribution in [0.4, 0.5) is 0 Å². The monoisotopic (exact) mass is 507 g/mol. The molecule has 0 aromatic heterocycles. The average molecular weight is 507 g/mol. The smallest absolute Gasteiger partial charge is 0.0236 e. The van der Waals surface area contributed by atoms with Crippen molar-refractivity contribution in [2.24, 2.45) is 22.7 Å². The van der Waals surface area contributed by atoms with Crippen LogP contribution in [0.1, 0.15) is 209 Å². The third-order valence-corrected chi connectivity index (χ3v) is 10.4. The van der Waals surface area contributed by atoms with E-state index in [1.165, 1.54) is 154 Å². The van der Waals surface area contributed by atoms with Gasteiger partial charge in [-0.3, -0.25) is 0 Å². The molecular weight excluding hydrogens is 432 g/mol. The third-order valence-electron chi connectivity index (χ3n) is 10.4. The largest absolute Gasteiger partial charge is 0.0654 e. The van der Waals surface area contributed by atoms with Crippen molar-refractivity contribution in [3.63, 3.8) is 0 Å². The number of unbranched alkanes of at least 4 members (excludes halogenated alkanes) is 12. The van der Waals surface area contributed by atoms with Crippen molar-refractivity contribution < 1.29 is 0 Å². The molecule has 3 atom stereocenters. The Morgan fingerprint density at radius 2 is 0.806 bits per heavy atom. The molecule has 0 bridgehead atoms. The molecular formula is C36H74. The van der Waals surface area contributed by atoms with Crippen LogP contribution in [-0.2, 0) is 0 Å². The zero-order valence-electron chi connectivity index (χ0n) is 27.1. The maximum Gasteiger partial charge on any atom is -0.0236 e. The van der Waals surface area contributed by atoms with E-state index in [0.717, 1.165) is 11.8 Å². The van der Waals surface area contributed by atoms with Crippen LogP contribution in [0.2, 0.25) is 0 Å². The molecule has 0 heterocycles. The van der Waals surface area contributed by atoms with E-state index < -0.39 is 0 Å². The Kier molecular flexibility index (Phi) is 22.9. The predicted molar refractivity (Wildman–Crippen MR) is 168 cm³/mol. The molecule has 0 fully saturated rings. The molecule has 0 rings (SSSR count). The lowest BCUT2D eigenvalue weighted by molar-refractivity contribution is -0.0524. The number of hydrogen-bond acceptors (Lipinski definition) is 0. The summed E-state index contributed by atoms with van der Waals surface area (Å²) in [6, 6.07) is 0. The SMILES string of the molecule is CCCCCCCC(CCCCCC)C(CCCC)(CCCCC)C(CCCCC)C(C)(CC)CC. The number of hydrogen-bond donors (Lipinski definition) is 0. The highest BCUT2D eigenvalue weighted by molar-refractivity contribution is 4.98. The van der Waals surface area contributed by atoms with Crippen LogP contribution >= 0.6 is 0 Å². The van der Waals surface area contributed by atoms with Crippen LogP contribution in [0.5, 0.6) is 0 Å². The molecule has 218 valence electrons. The molecule has 0 saturated carbocycles. The second kappa shape index (κ2) is 22.9. The van der Waals surface area contributed by atoms with Gasteiger partial charge in [-0.1, -0.05) is 177 Å². The van der Waals surface area contributed by atoms with E-state index in [1.807, 2.05) is 0 Å². The quantitative estimate of drug-likeness (QED) is 0.0971. The first-order chi connectivity index (χ1) is 17.5. The molecule has 0 spiro atoms. The van der Waals surface area contributed by atoms with Crippen molar-refractivity contribution >= 4 is 0 Å². The maximum absolute atomic E-state index is 2.71. The van der Waals surface area contributed by atoms with Crippen molar-refractivity contribution in [2.75, 3.05) is 0 Å². The molecule has 0 saturated heterocycles. The molecule has 0 N–H and O–H groups in total. The van der Waals surface area contributed by atoms with Gasteiger partial charge in [0.1, 0.15) is 0 Å². The maximum atomic E-state index is 2.71. The second-order valence-electron chi connectivity index (χ2n) is 13.0. The van der Waals surface area contributed by atoms with Gasteiger partial charge in [0.05, 0.1) is 0 Å².